The first-order valence-electron chi connectivity index (χ1n) is 2.97. The van der Waals surface area contributed by atoms with E-state index in [0.717, 1.165) is 0 Å². The summed E-state index contributed by atoms with van der Waals surface area (Å²) in [6.07, 6.45) is 3.09. The fourth-order valence-corrected chi connectivity index (χ4v) is 0.571. The summed E-state index contributed by atoms with van der Waals surface area (Å²) in [5.41, 5.74) is 0. The largest absolute Gasteiger partial charge is 0.300 e. The quantitative estimate of drug-likeness (QED) is 0.463. The van der Waals surface area contributed by atoms with Gasteiger partial charge in [-0.25, -0.2) is 0 Å². The average molecular weight is 161 g/mol. The number of allylic oxidation sites excluding steroid dienone is 2. The van der Waals surface area contributed by atoms with E-state index in [-0.39, 0.29) is 10.8 Å². The molecular formula is C7H9ClO2. The number of halogens is 1. The van der Waals surface area contributed by atoms with Gasteiger partial charge in [-0.3, -0.25) is 4.79 Å². The Morgan fingerprint density at radius 1 is 1.60 bits per heavy atom. The van der Waals surface area contributed by atoms with Crippen LogP contribution in [0.4, 0.5) is 0 Å². The van der Waals surface area contributed by atoms with Crippen LogP contribution in [0.1, 0.15) is 19.8 Å². The van der Waals surface area contributed by atoms with Crippen molar-refractivity contribution in [2.45, 2.75) is 19.8 Å². The zero-order valence-corrected chi connectivity index (χ0v) is 6.52. The minimum Gasteiger partial charge on any atom is -0.300 e. The molecule has 0 aliphatic heterocycles. The second kappa shape index (κ2) is 5.18. The van der Waals surface area contributed by atoms with Crippen molar-refractivity contribution in [2.24, 2.45) is 0 Å². The third-order valence-electron chi connectivity index (χ3n) is 0.948. The van der Waals surface area contributed by atoms with Crippen molar-refractivity contribution in [2.75, 3.05) is 0 Å². The molecule has 0 fully saturated rings. The van der Waals surface area contributed by atoms with Gasteiger partial charge in [0.05, 0.1) is 5.03 Å². The number of hydrogen-bond donors (Lipinski definition) is 0. The van der Waals surface area contributed by atoms with Gasteiger partial charge in [-0.2, -0.15) is 0 Å². The summed E-state index contributed by atoms with van der Waals surface area (Å²) >= 11 is 5.33. The molecule has 3 heteroatoms. The lowest BCUT2D eigenvalue weighted by Crippen LogP contribution is -1.87. The van der Waals surface area contributed by atoms with Gasteiger partial charge in [0.25, 0.3) is 0 Å². The summed E-state index contributed by atoms with van der Waals surface area (Å²) in [7, 11) is 0. The van der Waals surface area contributed by atoms with Gasteiger partial charge < -0.3 is 4.79 Å². The third kappa shape index (κ3) is 5.51. The highest BCUT2D eigenvalue weighted by Crippen LogP contribution is 2.00. The molecule has 0 spiro atoms. The molecule has 0 bridgehead atoms. The Balaban J connectivity index is 3.52. The molecule has 0 aromatic rings. The second-order valence-electron chi connectivity index (χ2n) is 1.95. The van der Waals surface area contributed by atoms with Crippen molar-refractivity contribution >= 4 is 23.7 Å². The molecule has 2 nitrogen and oxygen atoms in total. The second-order valence-corrected chi connectivity index (χ2v) is 2.38. The van der Waals surface area contributed by atoms with Crippen molar-refractivity contribution in [1.82, 2.24) is 0 Å². The Bertz CT molecular complexity index is 161. The molecule has 0 heterocycles. The van der Waals surface area contributed by atoms with Crippen molar-refractivity contribution in [3.63, 3.8) is 0 Å². The van der Waals surface area contributed by atoms with Gasteiger partial charge in [0.1, 0.15) is 5.78 Å². The fourth-order valence-electron chi connectivity index (χ4n) is 0.461. The van der Waals surface area contributed by atoms with E-state index in [1.165, 1.54) is 13.0 Å². The SMILES string of the molecule is CC(=O)CC/C=C(/Cl)C=O. The molecule has 0 saturated carbocycles. The van der Waals surface area contributed by atoms with Crippen molar-refractivity contribution in [3.8, 4) is 0 Å². The van der Waals surface area contributed by atoms with E-state index < -0.39 is 0 Å². The number of carbonyl (C=O) groups excluding carboxylic acids is 2. The van der Waals surface area contributed by atoms with E-state index in [0.29, 0.717) is 19.1 Å². The Labute approximate surface area is 64.9 Å². The highest BCUT2D eigenvalue weighted by Gasteiger charge is 1.91. The van der Waals surface area contributed by atoms with Crippen LogP contribution in [0.5, 0.6) is 0 Å². The smallest absolute Gasteiger partial charge is 0.161 e. The van der Waals surface area contributed by atoms with Gasteiger partial charge in [-0.15, -0.1) is 0 Å². The zero-order valence-electron chi connectivity index (χ0n) is 5.76. The van der Waals surface area contributed by atoms with Crippen LogP contribution in [0.15, 0.2) is 11.1 Å². The summed E-state index contributed by atoms with van der Waals surface area (Å²) in [4.78, 5) is 20.2. The van der Waals surface area contributed by atoms with E-state index >= 15 is 0 Å². The number of hydrogen-bond acceptors (Lipinski definition) is 2. The van der Waals surface area contributed by atoms with Gasteiger partial charge in [0.2, 0.25) is 0 Å². The predicted molar refractivity (Wildman–Crippen MR) is 39.9 cm³/mol. The normalized spacial score (nSPS) is 11.2. The molecule has 0 saturated heterocycles. The summed E-state index contributed by atoms with van der Waals surface area (Å²) in [5, 5.41) is 0.168. The molecule has 0 aliphatic rings. The minimum absolute atomic E-state index is 0.103. The number of ketones is 1. The summed E-state index contributed by atoms with van der Waals surface area (Å²) < 4.78 is 0. The van der Waals surface area contributed by atoms with E-state index in [2.05, 4.69) is 0 Å². The number of Topliss-reactive ketones (excluding diaryl/α,β-unsaturated/α-hetero) is 1. The first kappa shape index (κ1) is 9.37. The highest BCUT2D eigenvalue weighted by atomic mass is 35.5. The van der Waals surface area contributed by atoms with E-state index in [4.69, 9.17) is 11.6 Å². The standard InChI is InChI=1S/C7H9ClO2/c1-6(10)3-2-4-7(8)5-9/h4-5H,2-3H2,1H3/b7-4+. The molecule has 0 aromatic carbocycles. The molecule has 0 atom stereocenters. The Morgan fingerprint density at radius 3 is 2.60 bits per heavy atom. The van der Waals surface area contributed by atoms with Crippen molar-refractivity contribution in [3.05, 3.63) is 11.1 Å². The van der Waals surface area contributed by atoms with Crippen LogP contribution in [0, 0.1) is 0 Å². The highest BCUT2D eigenvalue weighted by molar-refractivity contribution is 6.38. The number of rotatable bonds is 4. The van der Waals surface area contributed by atoms with Gasteiger partial charge >= 0.3 is 0 Å². The third-order valence-corrected chi connectivity index (χ3v) is 1.19. The van der Waals surface area contributed by atoms with Crippen LogP contribution in [0.25, 0.3) is 0 Å². The van der Waals surface area contributed by atoms with E-state index in [1.54, 1.807) is 0 Å². The zero-order chi connectivity index (χ0) is 7.98. The lowest BCUT2D eigenvalue weighted by Gasteiger charge is -1.87. The monoisotopic (exact) mass is 160 g/mol. The topological polar surface area (TPSA) is 34.1 Å². The van der Waals surface area contributed by atoms with Crippen LogP contribution in [0.3, 0.4) is 0 Å². The lowest BCUT2D eigenvalue weighted by molar-refractivity contribution is -0.117. The van der Waals surface area contributed by atoms with Gasteiger partial charge in [-0.1, -0.05) is 17.7 Å². The molecule has 0 radical (unpaired) electrons. The first-order valence-corrected chi connectivity index (χ1v) is 3.35. The number of aldehydes is 1. The van der Waals surface area contributed by atoms with Crippen LogP contribution in [-0.2, 0) is 9.59 Å². The Hall–Kier alpha value is -0.630. The van der Waals surface area contributed by atoms with Crippen LogP contribution in [-0.4, -0.2) is 12.1 Å². The molecule has 56 valence electrons. The molecule has 0 amide bonds. The van der Waals surface area contributed by atoms with Crippen LogP contribution < -0.4 is 0 Å². The number of carbonyl (C=O) groups is 2. The first-order chi connectivity index (χ1) is 4.66. The summed E-state index contributed by atoms with van der Waals surface area (Å²) in [6, 6.07) is 0. The maximum Gasteiger partial charge on any atom is 0.161 e. The molecule has 0 aliphatic carbocycles. The molecular weight excluding hydrogens is 152 g/mol. The van der Waals surface area contributed by atoms with Gasteiger partial charge in [-0.05, 0) is 13.3 Å². The van der Waals surface area contributed by atoms with Crippen molar-refractivity contribution < 1.29 is 9.59 Å². The van der Waals surface area contributed by atoms with Crippen LogP contribution in [0.2, 0.25) is 0 Å². The van der Waals surface area contributed by atoms with E-state index in [1.807, 2.05) is 0 Å². The fraction of sp³-hybridized carbons (Fsp3) is 0.429. The van der Waals surface area contributed by atoms with Crippen molar-refractivity contribution in [1.29, 1.82) is 0 Å². The lowest BCUT2D eigenvalue weighted by atomic mass is 10.2. The molecule has 0 aromatic heterocycles. The van der Waals surface area contributed by atoms with E-state index in [9.17, 15) is 9.59 Å². The summed E-state index contributed by atoms with van der Waals surface area (Å²) in [5.74, 6) is 0.103. The predicted octanol–water partition coefficient (Wildman–Crippen LogP) is 1.68. The maximum atomic E-state index is 10.4. The molecule has 0 unspecified atom stereocenters. The van der Waals surface area contributed by atoms with Crippen LogP contribution >= 0.6 is 11.6 Å². The minimum atomic E-state index is 0.103. The Kier molecular flexibility index (Phi) is 4.85. The van der Waals surface area contributed by atoms with Gasteiger partial charge in [0, 0.05) is 6.42 Å². The summed E-state index contributed by atoms with van der Waals surface area (Å²) in [6.45, 7) is 1.50. The molecule has 0 N–H and O–H groups in total. The molecule has 0 rings (SSSR count). The average Bonchev–Trinajstić information content (AvgIpc) is 1.87. The maximum absolute atomic E-state index is 10.4. The van der Waals surface area contributed by atoms with Gasteiger partial charge in [0.15, 0.2) is 6.29 Å². The Morgan fingerprint density at radius 2 is 2.20 bits per heavy atom. The molecule has 10 heavy (non-hydrogen) atoms.